The molecule has 2 aromatic heterocycles. The third kappa shape index (κ3) is 2.48. The highest BCUT2D eigenvalue weighted by molar-refractivity contribution is 5.45. The van der Waals surface area contributed by atoms with Gasteiger partial charge in [-0.2, -0.15) is 0 Å². The first kappa shape index (κ1) is 12.2. The van der Waals surface area contributed by atoms with Gasteiger partial charge in [-0.25, -0.2) is 4.98 Å². The largest absolute Gasteiger partial charge is 0.371 e. The number of rotatable bonds is 3. The minimum atomic E-state index is 0.539. The van der Waals surface area contributed by atoms with Crippen LogP contribution in [0.15, 0.2) is 36.9 Å². The zero-order valence-corrected chi connectivity index (χ0v) is 11.4. The van der Waals surface area contributed by atoms with Crippen molar-refractivity contribution in [3.63, 3.8) is 0 Å². The second kappa shape index (κ2) is 5.43. The summed E-state index contributed by atoms with van der Waals surface area (Å²) in [5.74, 6) is 1.78. The second-order valence-corrected chi connectivity index (χ2v) is 5.06. The molecule has 19 heavy (non-hydrogen) atoms. The Balaban J connectivity index is 1.79. The predicted molar refractivity (Wildman–Crippen MR) is 76.3 cm³/mol. The van der Waals surface area contributed by atoms with Crippen molar-refractivity contribution < 1.29 is 0 Å². The lowest BCUT2D eigenvalue weighted by molar-refractivity contribution is 0.474. The molecule has 0 spiro atoms. The van der Waals surface area contributed by atoms with Gasteiger partial charge in [0.25, 0.3) is 0 Å². The first-order valence-electron chi connectivity index (χ1n) is 7.04. The van der Waals surface area contributed by atoms with Gasteiger partial charge in [0.15, 0.2) is 0 Å². The lowest BCUT2D eigenvalue weighted by Crippen LogP contribution is -2.35. The Labute approximate surface area is 114 Å². The van der Waals surface area contributed by atoms with E-state index in [9.17, 15) is 0 Å². The number of pyridine rings is 1. The lowest BCUT2D eigenvalue weighted by atomic mass is 9.96. The Hall–Kier alpha value is -1.84. The van der Waals surface area contributed by atoms with E-state index >= 15 is 0 Å². The molecule has 0 bridgehead atoms. The summed E-state index contributed by atoms with van der Waals surface area (Å²) >= 11 is 0. The van der Waals surface area contributed by atoms with Crippen molar-refractivity contribution in [1.82, 2.24) is 14.5 Å². The maximum absolute atomic E-state index is 4.56. The fourth-order valence-corrected chi connectivity index (χ4v) is 2.93. The SMILES string of the molecule is CCn1ccnc1C1CCCN(c2ccncc2)C1. The van der Waals surface area contributed by atoms with Crippen LogP contribution in [0, 0.1) is 0 Å². The van der Waals surface area contributed by atoms with Crippen molar-refractivity contribution in [2.45, 2.75) is 32.2 Å². The number of piperidine rings is 1. The number of aryl methyl sites for hydroxylation is 1. The van der Waals surface area contributed by atoms with Crippen molar-refractivity contribution in [2.75, 3.05) is 18.0 Å². The molecular weight excluding hydrogens is 236 g/mol. The van der Waals surface area contributed by atoms with Gasteiger partial charge in [0.1, 0.15) is 5.82 Å². The molecule has 1 fully saturated rings. The van der Waals surface area contributed by atoms with Gasteiger partial charge >= 0.3 is 0 Å². The van der Waals surface area contributed by atoms with Crippen LogP contribution in [0.4, 0.5) is 5.69 Å². The van der Waals surface area contributed by atoms with Crippen LogP contribution < -0.4 is 4.90 Å². The van der Waals surface area contributed by atoms with E-state index < -0.39 is 0 Å². The van der Waals surface area contributed by atoms with Crippen LogP contribution in [0.2, 0.25) is 0 Å². The van der Waals surface area contributed by atoms with Gasteiger partial charge in [0, 0.05) is 56.0 Å². The zero-order chi connectivity index (χ0) is 13.1. The third-order valence-electron chi connectivity index (χ3n) is 3.90. The maximum Gasteiger partial charge on any atom is 0.113 e. The highest BCUT2D eigenvalue weighted by atomic mass is 15.2. The molecule has 1 aliphatic rings. The van der Waals surface area contributed by atoms with Crippen LogP contribution in [0.3, 0.4) is 0 Å². The Morgan fingerprint density at radius 3 is 2.89 bits per heavy atom. The fourth-order valence-electron chi connectivity index (χ4n) is 2.93. The molecule has 1 atom stereocenters. The summed E-state index contributed by atoms with van der Waals surface area (Å²) in [5, 5.41) is 0. The van der Waals surface area contributed by atoms with Crippen molar-refractivity contribution in [3.05, 3.63) is 42.7 Å². The average Bonchev–Trinajstić information content (AvgIpc) is 2.97. The molecule has 100 valence electrons. The van der Waals surface area contributed by atoms with Gasteiger partial charge in [0.2, 0.25) is 0 Å². The van der Waals surface area contributed by atoms with Gasteiger partial charge in [-0.05, 0) is 31.9 Å². The molecule has 3 heterocycles. The van der Waals surface area contributed by atoms with E-state index in [0.29, 0.717) is 5.92 Å². The quantitative estimate of drug-likeness (QED) is 0.846. The molecule has 0 aliphatic carbocycles. The Morgan fingerprint density at radius 2 is 2.11 bits per heavy atom. The van der Waals surface area contributed by atoms with Crippen LogP contribution in [0.25, 0.3) is 0 Å². The molecule has 0 saturated carbocycles. The molecule has 4 nitrogen and oxygen atoms in total. The van der Waals surface area contributed by atoms with E-state index in [1.807, 2.05) is 18.6 Å². The van der Waals surface area contributed by atoms with E-state index in [1.165, 1.54) is 24.4 Å². The zero-order valence-electron chi connectivity index (χ0n) is 11.4. The summed E-state index contributed by atoms with van der Waals surface area (Å²) in [6.45, 7) is 5.37. The van der Waals surface area contributed by atoms with Crippen LogP contribution in [0.5, 0.6) is 0 Å². The smallest absolute Gasteiger partial charge is 0.113 e. The topological polar surface area (TPSA) is 34.0 Å². The summed E-state index contributed by atoms with van der Waals surface area (Å²) < 4.78 is 2.26. The third-order valence-corrected chi connectivity index (χ3v) is 3.90. The number of imidazole rings is 1. The van der Waals surface area contributed by atoms with Crippen molar-refractivity contribution in [3.8, 4) is 0 Å². The Kier molecular flexibility index (Phi) is 3.49. The van der Waals surface area contributed by atoms with Gasteiger partial charge in [-0.15, -0.1) is 0 Å². The lowest BCUT2D eigenvalue weighted by Gasteiger charge is -2.34. The Morgan fingerprint density at radius 1 is 1.26 bits per heavy atom. The van der Waals surface area contributed by atoms with E-state index in [0.717, 1.165) is 19.6 Å². The highest BCUT2D eigenvalue weighted by Gasteiger charge is 2.24. The van der Waals surface area contributed by atoms with Crippen molar-refractivity contribution in [1.29, 1.82) is 0 Å². The summed E-state index contributed by atoms with van der Waals surface area (Å²) in [4.78, 5) is 11.1. The molecule has 0 N–H and O–H groups in total. The highest BCUT2D eigenvalue weighted by Crippen LogP contribution is 2.28. The van der Waals surface area contributed by atoms with E-state index in [-0.39, 0.29) is 0 Å². The molecule has 1 aliphatic heterocycles. The van der Waals surface area contributed by atoms with Crippen molar-refractivity contribution in [2.24, 2.45) is 0 Å². The summed E-state index contributed by atoms with van der Waals surface area (Å²) in [6, 6.07) is 4.18. The molecule has 4 heteroatoms. The number of nitrogens with zero attached hydrogens (tertiary/aromatic N) is 4. The summed E-state index contributed by atoms with van der Waals surface area (Å²) in [6.07, 6.45) is 10.2. The van der Waals surface area contributed by atoms with Crippen LogP contribution in [-0.2, 0) is 6.54 Å². The fraction of sp³-hybridized carbons (Fsp3) is 0.467. The minimum Gasteiger partial charge on any atom is -0.371 e. The molecule has 0 radical (unpaired) electrons. The molecule has 1 saturated heterocycles. The molecule has 0 aromatic carbocycles. The van der Waals surface area contributed by atoms with E-state index in [2.05, 4.69) is 44.7 Å². The van der Waals surface area contributed by atoms with Gasteiger partial charge < -0.3 is 9.47 Å². The summed E-state index contributed by atoms with van der Waals surface area (Å²) in [7, 11) is 0. The minimum absolute atomic E-state index is 0.539. The number of hydrogen-bond acceptors (Lipinski definition) is 3. The molecule has 1 unspecified atom stereocenters. The normalized spacial score (nSPS) is 19.6. The standard InChI is InChI=1S/C15H20N4/c1-2-18-11-9-17-15(18)13-4-3-10-19(12-13)14-5-7-16-8-6-14/h5-9,11,13H,2-4,10,12H2,1H3. The first-order valence-corrected chi connectivity index (χ1v) is 7.04. The number of hydrogen-bond donors (Lipinski definition) is 0. The van der Waals surface area contributed by atoms with Crippen molar-refractivity contribution >= 4 is 5.69 Å². The predicted octanol–water partition coefficient (Wildman–Crippen LogP) is 2.68. The van der Waals surface area contributed by atoms with Crippen LogP contribution in [-0.4, -0.2) is 27.6 Å². The number of aromatic nitrogens is 3. The molecule has 0 amide bonds. The van der Waals surface area contributed by atoms with Crippen LogP contribution >= 0.6 is 0 Å². The second-order valence-electron chi connectivity index (χ2n) is 5.06. The molecule has 2 aromatic rings. The van der Waals surface area contributed by atoms with Crippen LogP contribution in [0.1, 0.15) is 31.5 Å². The average molecular weight is 256 g/mol. The molecular formula is C15H20N4. The maximum atomic E-state index is 4.56. The number of anilines is 1. The first-order chi connectivity index (χ1) is 9.38. The van der Waals surface area contributed by atoms with Gasteiger partial charge in [0.05, 0.1) is 0 Å². The molecule has 3 rings (SSSR count). The van der Waals surface area contributed by atoms with Gasteiger partial charge in [-0.1, -0.05) is 0 Å². The Bertz CT molecular complexity index is 520. The monoisotopic (exact) mass is 256 g/mol. The summed E-state index contributed by atoms with van der Waals surface area (Å²) in [5.41, 5.74) is 1.27. The van der Waals surface area contributed by atoms with E-state index in [4.69, 9.17) is 0 Å². The van der Waals surface area contributed by atoms with E-state index in [1.54, 1.807) is 0 Å². The van der Waals surface area contributed by atoms with Gasteiger partial charge in [-0.3, -0.25) is 4.98 Å².